The molecule has 1 N–H and O–H groups in total. The Morgan fingerprint density at radius 3 is 2.88 bits per heavy atom. The molecule has 2 heterocycles. The van der Waals surface area contributed by atoms with Gasteiger partial charge in [0, 0.05) is 0 Å². The second-order valence-electron chi connectivity index (χ2n) is 3.46. The number of nitrogens with zero attached hydrogens (tertiary/aromatic N) is 3. The number of hydrogen-bond donors (Lipinski definition) is 1. The lowest BCUT2D eigenvalue weighted by Crippen LogP contribution is -2.15. The first-order chi connectivity index (χ1) is 7.76. The smallest absolute Gasteiger partial charge is 0.259 e. The fraction of sp³-hybridized carbons (Fsp3) is 0.500. The monoisotopic (exact) mass is 238 g/mol. The molecular weight excluding hydrogens is 224 g/mol. The molecule has 0 saturated carbocycles. The molecule has 0 aliphatic carbocycles. The minimum Gasteiger partial charge on any atom is -0.418 e. The molecule has 16 heavy (non-hydrogen) atoms. The first-order valence-electron chi connectivity index (χ1n) is 5.17. The topological polar surface area (TPSA) is 63.8 Å². The van der Waals surface area contributed by atoms with E-state index in [0.717, 1.165) is 17.0 Å². The molecule has 0 aromatic carbocycles. The number of rotatable bonds is 4. The number of hydrogen-bond acceptors (Lipinski definition) is 6. The maximum absolute atomic E-state index is 5.64. The second kappa shape index (κ2) is 4.71. The van der Waals surface area contributed by atoms with Gasteiger partial charge in [-0.05, 0) is 20.4 Å². The molecule has 0 spiro atoms. The molecule has 0 bridgehead atoms. The zero-order valence-electron chi connectivity index (χ0n) is 9.52. The van der Waals surface area contributed by atoms with E-state index in [1.54, 1.807) is 5.51 Å². The van der Waals surface area contributed by atoms with E-state index in [9.17, 15) is 0 Å². The molecule has 1 unspecified atom stereocenters. The van der Waals surface area contributed by atoms with E-state index >= 15 is 0 Å². The maximum atomic E-state index is 5.64. The Kier molecular flexibility index (Phi) is 3.31. The van der Waals surface area contributed by atoms with Crippen LogP contribution in [0.2, 0.25) is 0 Å². The molecule has 0 aliphatic heterocycles. The van der Waals surface area contributed by atoms with Crippen LogP contribution >= 0.6 is 11.3 Å². The summed E-state index contributed by atoms with van der Waals surface area (Å²) in [6.45, 7) is 4.01. The van der Waals surface area contributed by atoms with E-state index in [1.807, 2.05) is 14.0 Å². The summed E-state index contributed by atoms with van der Waals surface area (Å²) in [5.74, 6) is 1.19. The van der Waals surface area contributed by atoms with Gasteiger partial charge in [-0.2, -0.15) is 0 Å². The first kappa shape index (κ1) is 11.2. The number of aryl methyl sites for hydroxylation is 1. The van der Waals surface area contributed by atoms with Gasteiger partial charge in [0.2, 0.25) is 5.89 Å². The summed E-state index contributed by atoms with van der Waals surface area (Å²) >= 11 is 1.52. The molecule has 2 rings (SSSR count). The highest BCUT2D eigenvalue weighted by atomic mass is 32.1. The van der Waals surface area contributed by atoms with Crippen LogP contribution in [0.3, 0.4) is 0 Å². The van der Waals surface area contributed by atoms with Crippen molar-refractivity contribution in [3.8, 4) is 10.8 Å². The van der Waals surface area contributed by atoms with Crippen molar-refractivity contribution in [2.45, 2.75) is 26.3 Å². The lowest BCUT2D eigenvalue weighted by Gasteiger charge is -2.06. The highest BCUT2D eigenvalue weighted by molar-refractivity contribution is 7.13. The third kappa shape index (κ3) is 1.98. The van der Waals surface area contributed by atoms with Crippen LogP contribution in [0.5, 0.6) is 0 Å². The third-order valence-electron chi connectivity index (χ3n) is 2.44. The van der Waals surface area contributed by atoms with E-state index in [0.29, 0.717) is 11.8 Å². The maximum Gasteiger partial charge on any atom is 0.259 e. The predicted octanol–water partition coefficient (Wildman–Crippen LogP) is 2.17. The Labute approximate surface area is 97.9 Å². The summed E-state index contributed by atoms with van der Waals surface area (Å²) in [5, 5.41) is 11.2. The van der Waals surface area contributed by atoms with Crippen LogP contribution in [0.4, 0.5) is 0 Å². The molecule has 2 aromatic heterocycles. The molecule has 86 valence electrons. The molecule has 0 aliphatic rings. The fourth-order valence-corrected chi connectivity index (χ4v) is 2.20. The van der Waals surface area contributed by atoms with Crippen molar-refractivity contribution >= 4 is 11.3 Å². The molecule has 0 radical (unpaired) electrons. The van der Waals surface area contributed by atoms with E-state index in [-0.39, 0.29) is 6.04 Å². The lowest BCUT2D eigenvalue weighted by molar-refractivity contribution is 0.415. The molecule has 5 nitrogen and oxygen atoms in total. The van der Waals surface area contributed by atoms with Gasteiger partial charge in [-0.1, -0.05) is 6.92 Å². The molecule has 0 amide bonds. The Bertz CT molecular complexity index is 461. The van der Waals surface area contributed by atoms with E-state index in [2.05, 4.69) is 27.4 Å². The average molecular weight is 238 g/mol. The molecule has 2 aromatic rings. The van der Waals surface area contributed by atoms with Gasteiger partial charge in [0.05, 0.1) is 17.2 Å². The van der Waals surface area contributed by atoms with Crippen LogP contribution in [0.1, 0.15) is 31.0 Å². The summed E-state index contributed by atoms with van der Waals surface area (Å²) in [6.07, 6.45) is 0.916. The molecule has 6 heteroatoms. The number of aromatic nitrogens is 3. The number of thiazole rings is 1. The first-order valence-corrected chi connectivity index (χ1v) is 6.05. The summed E-state index contributed by atoms with van der Waals surface area (Å²) < 4.78 is 5.64. The van der Waals surface area contributed by atoms with Crippen molar-refractivity contribution in [2.24, 2.45) is 0 Å². The normalized spacial score (nSPS) is 12.9. The van der Waals surface area contributed by atoms with Crippen LogP contribution in [0.15, 0.2) is 9.93 Å². The highest BCUT2D eigenvalue weighted by Gasteiger charge is 2.17. The molecular formula is C10H14N4OS. The van der Waals surface area contributed by atoms with Crippen LogP contribution in [-0.4, -0.2) is 22.2 Å². The SMILES string of the molecule is CCC(NC)c1nnc(-c2scnc2C)o1. The van der Waals surface area contributed by atoms with Crippen LogP contribution < -0.4 is 5.32 Å². The lowest BCUT2D eigenvalue weighted by atomic mass is 10.2. The second-order valence-corrected chi connectivity index (χ2v) is 4.32. The Morgan fingerprint density at radius 1 is 1.50 bits per heavy atom. The predicted molar refractivity (Wildman–Crippen MR) is 62.2 cm³/mol. The van der Waals surface area contributed by atoms with Gasteiger partial charge in [0.15, 0.2) is 0 Å². The van der Waals surface area contributed by atoms with Crippen LogP contribution in [-0.2, 0) is 0 Å². The molecule has 0 saturated heterocycles. The van der Waals surface area contributed by atoms with Gasteiger partial charge in [0.1, 0.15) is 4.88 Å². The Hall–Kier alpha value is -1.27. The third-order valence-corrected chi connectivity index (χ3v) is 3.35. The van der Waals surface area contributed by atoms with Crippen molar-refractivity contribution in [3.05, 3.63) is 17.1 Å². The quantitative estimate of drug-likeness (QED) is 0.884. The van der Waals surface area contributed by atoms with Gasteiger partial charge in [-0.3, -0.25) is 0 Å². The van der Waals surface area contributed by atoms with Gasteiger partial charge in [-0.25, -0.2) is 4.98 Å². The Morgan fingerprint density at radius 2 is 2.31 bits per heavy atom. The average Bonchev–Trinajstić information content (AvgIpc) is 2.89. The summed E-state index contributed by atoms with van der Waals surface area (Å²) in [6, 6.07) is 0.120. The molecule has 1 atom stereocenters. The minimum absolute atomic E-state index is 0.120. The van der Waals surface area contributed by atoms with Gasteiger partial charge < -0.3 is 9.73 Å². The van der Waals surface area contributed by atoms with E-state index in [4.69, 9.17) is 4.42 Å². The van der Waals surface area contributed by atoms with Gasteiger partial charge in [0.25, 0.3) is 5.89 Å². The van der Waals surface area contributed by atoms with Crippen molar-refractivity contribution in [3.63, 3.8) is 0 Å². The standard InChI is InChI=1S/C10H14N4OS/c1-4-7(11-3)9-13-14-10(15-9)8-6(2)12-5-16-8/h5,7,11H,4H2,1-3H3. The van der Waals surface area contributed by atoms with Gasteiger partial charge >= 0.3 is 0 Å². The zero-order chi connectivity index (χ0) is 11.5. The number of nitrogens with one attached hydrogen (secondary N) is 1. The van der Waals surface area contributed by atoms with Crippen LogP contribution in [0, 0.1) is 6.92 Å². The van der Waals surface area contributed by atoms with Crippen LogP contribution in [0.25, 0.3) is 10.8 Å². The van der Waals surface area contributed by atoms with E-state index in [1.165, 1.54) is 11.3 Å². The van der Waals surface area contributed by atoms with Crippen molar-refractivity contribution in [1.82, 2.24) is 20.5 Å². The van der Waals surface area contributed by atoms with Crippen molar-refractivity contribution in [2.75, 3.05) is 7.05 Å². The minimum atomic E-state index is 0.120. The summed E-state index contributed by atoms with van der Waals surface area (Å²) in [4.78, 5) is 5.11. The fourth-order valence-electron chi connectivity index (χ4n) is 1.48. The highest BCUT2D eigenvalue weighted by Crippen LogP contribution is 2.27. The summed E-state index contributed by atoms with van der Waals surface area (Å²) in [5.41, 5.74) is 2.71. The Balaban J connectivity index is 2.29. The zero-order valence-corrected chi connectivity index (χ0v) is 10.3. The largest absolute Gasteiger partial charge is 0.418 e. The van der Waals surface area contributed by atoms with Crippen molar-refractivity contribution < 1.29 is 4.42 Å². The van der Waals surface area contributed by atoms with E-state index < -0.39 is 0 Å². The molecule has 0 fully saturated rings. The van der Waals surface area contributed by atoms with Gasteiger partial charge in [-0.15, -0.1) is 21.5 Å². The summed E-state index contributed by atoms with van der Waals surface area (Å²) in [7, 11) is 1.88. The van der Waals surface area contributed by atoms with Crippen molar-refractivity contribution in [1.29, 1.82) is 0 Å².